The highest BCUT2D eigenvalue weighted by atomic mass is 28.4. The van der Waals surface area contributed by atoms with Crippen molar-refractivity contribution in [3.63, 3.8) is 0 Å². The smallest absolute Gasteiger partial charge is 0.371 e. The summed E-state index contributed by atoms with van der Waals surface area (Å²) in [5.74, 6) is 0.0940. The molecule has 0 saturated carbocycles. The van der Waals surface area contributed by atoms with Crippen LogP contribution in [0.4, 0.5) is 0 Å². The van der Waals surface area contributed by atoms with E-state index < -0.39 is 8.80 Å². The zero-order chi connectivity index (χ0) is 16.6. The molecule has 5 heteroatoms. The Bertz CT molecular complexity index is 311. The standard InChI is InChI=1S/C16H32O4Si/c1-12(2)16(17)10-9-11-21(18-13(3)4,19-14(5)6)20-15(7)8/h13-15H,1,9-11H2,2-8H3. The fourth-order valence-electron chi connectivity index (χ4n) is 2.02. The lowest BCUT2D eigenvalue weighted by atomic mass is 10.1. The number of hydrogen-bond acceptors (Lipinski definition) is 4. The fraction of sp³-hybridized carbons (Fsp3) is 0.812. The Balaban J connectivity index is 4.88. The molecule has 0 aliphatic rings. The van der Waals surface area contributed by atoms with Crippen molar-refractivity contribution in [1.29, 1.82) is 0 Å². The van der Waals surface area contributed by atoms with E-state index in [1.165, 1.54) is 0 Å². The molecule has 0 aliphatic carbocycles. The summed E-state index contributed by atoms with van der Waals surface area (Å²) in [7, 11) is -2.77. The highest BCUT2D eigenvalue weighted by molar-refractivity contribution is 6.60. The van der Waals surface area contributed by atoms with Crippen molar-refractivity contribution in [2.45, 2.75) is 85.7 Å². The van der Waals surface area contributed by atoms with Crippen LogP contribution in [0.2, 0.25) is 6.04 Å². The third kappa shape index (κ3) is 9.19. The van der Waals surface area contributed by atoms with Crippen molar-refractivity contribution in [1.82, 2.24) is 0 Å². The predicted octanol–water partition coefficient (Wildman–Crippen LogP) is 4.13. The van der Waals surface area contributed by atoms with Crippen LogP contribution in [0.1, 0.15) is 61.3 Å². The molecule has 0 aliphatic heterocycles. The average Bonchev–Trinajstić information content (AvgIpc) is 2.24. The van der Waals surface area contributed by atoms with E-state index in [-0.39, 0.29) is 24.1 Å². The van der Waals surface area contributed by atoms with Gasteiger partial charge in [-0.2, -0.15) is 0 Å². The van der Waals surface area contributed by atoms with E-state index in [9.17, 15) is 4.79 Å². The van der Waals surface area contributed by atoms with Gasteiger partial charge in [-0.1, -0.05) is 6.58 Å². The summed E-state index contributed by atoms with van der Waals surface area (Å²) in [4.78, 5) is 11.7. The zero-order valence-corrected chi connectivity index (χ0v) is 15.7. The first kappa shape index (κ1) is 20.5. The average molecular weight is 317 g/mol. The highest BCUT2D eigenvalue weighted by Crippen LogP contribution is 2.24. The Morgan fingerprint density at radius 2 is 1.33 bits per heavy atom. The maximum atomic E-state index is 11.7. The van der Waals surface area contributed by atoms with Crippen LogP contribution in [0.15, 0.2) is 12.2 Å². The first-order chi connectivity index (χ1) is 9.58. The Hall–Kier alpha value is -0.493. The molecule has 0 heterocycles. The number of carbonyl (C=O) groups excluding carboxylic acids is 1. The summed E-state index contributed by atoms with van der Waals surface area (Å²) in [6.07, 6.45) is 1.27. The van der Waals surface area contributed by atoms with Crippen molar-refractivity contribution in [3.05, 3.63) is 12.2 Å². The second kappa shape index (κ2) is 9.51. The monoisotopic (exact) mass is 316 g/mol. The molecule has 0 atom stereocenters. The predicted molar refractivity (Wildman–Crippen MR) is 88.3 cm³/mol. The van der Waals surface area contributed by atoms with Crippen LogP contribution in [0.3, 0.4) is 0 Å². The third-order valence-electron chi connectivity index (χ3n) is 2.61. The molecule has 124 valence electrons. The van der Waals surface area contributed by atoms with Crippen LogP contribution in [0.25, 0.3) is 0 Å². The maximum absolute atomic E-state index is 11.7. The number of Topliss-reactive ketones (excluding diaryl/α,β-unsaturated/α-hetero) is 1. The van der Waals surface area contributed by atoms with Gasteiger partial charge in [-0.25, -0.2) is 0 Å². The molecule has 0 aromatic heterocycles. The molecule has 0 spiro atoms. The Labute approximate surface area is 131 Å². The topological polar surface area (TPSA) is 44.8 Å². The number of allylic oxidation sites excluding steroid dienone is 1. The van der Waals surface area contributed by atoms with Crippen molar-refractivity contribution >= 4 is 14.6 Å². The van der Waals surface area contributed by atoms with Crippen LogP contribution < -0.4 is 0 Å². The Morgan fingerprint density at radius 3 is 1.62 bits per heavy atom. The van der Waals surface area contributed by atoms with Gasteiger partial charge < -0.3 is 13.3 Å². The zero-order valence-electron chi connectivity index (χ0n) is 14.7. The van der Waals surface area contributed by atoms with Gasteiger partial charge >= 0.3 is 8.80 Å². The number of hydrogen-bond donors (Lipinski definition) is 0. The lowest BCUT2D eigenvalue weighted by Crippen LogP contribution is -2.50. The van der Waals surface area contributed by atoms with Crippen LogP contribution >= 0.6 is 0 Å². The molecular formula is C16H32O4Si. The minimum Gasteiger partial charge on any atom is -0.371 e. The highest BCUT2D eigenvalue weighted by Gasteiger charge is 2.43. The molecule has 0 bridgehead atoms. The van der Waals surface area contributed by atoms with Gasteiger partial charge in [-0.05, 0) is 60.5 Å². The molecule has 0 rings (SSSR count). The van der Waals surface area contributed by atoms with Gasteiger partial charge in [-0.3, -0.25) is 4.79 Å². The summed E-state index contributed by atoms with van der Waals surface area (Å²) in [6.45, 7) is 17.3. The van der Waals surface area contributed by atoms with Gasteiger partial charge in [-0.15, -0.1) is 0 Å². The van der Waals surface area contributed by atoms with Crippen LogP contribution in [-0.4, -0.2) is 32.9 Å². The van der Waals surface area contributed by atoms with Gasteiger partial charge in [0.2, 0.25) is 0 Å². The number of rotatable bonds is 11. The molecule has 4 nitrogen and oxygen atoms in total. The van der Waals surface area contributed by atoms with Crippen LogP contribution in [0.5, 0.6) is 0 Å². The lowest BCUT2D eigenvalue weighted by Gasteiger charge is -2.34. The molecule has 0 aromatic carbocycles. The molecule has 0 saturated heterocycles. The molecule has 0 unspecified atom stereocenters. The third-order valence-corrected chi connectivity index (χ3v) is 6.07. The number of ketones is 1. The van der Waals surface area contributed by atoms with E-state index in [2.05, 4.69) is 6.58 Å². The minimum absolute atomic E-state index is 0.0333. The summed E-state index contributed by atoms with van der Waals surface area (Å²) in [5.41, 5.74) is 0.599. The molecular weight excluding hydrogens is 284 g/mol. The van der Waals surface area contributed by atoms with Crippen LogP contribution in [0, 0.1) is 0 Å². The molecule has 0 fully saturated rings. The summed E-state index contributed by atoms with van der Waals surface area (Å²) >= 11 is 0. The summed E-state index contributed by atoms with van der Waals surface area (Å²) < 4.78 is 18.2. The fourth-order valence-corrected chi connectivity index (χ4v) is 5.30. The van der Waals surface area contributed by atoms with Gasteiger partial charge in [0.1, 0.15) is 0 Å². The Morgan fingerprint density at radius 1 is 0.952 bits per heavy atom. The van der Waals surface area contributed by atoms with E-state index in [1.807, 2.05) is 41.5 Å². The van der Waals surface area contributed by atoms with Crippen molar-refractivity contribution in [2.75, 3.05) is 0 Å². The van der Waals surface area contributed by atoms with Gasteiger partial charge in [0, 0.05) is 30.8 Å². The minimum atomic E-state index is -2.77. The molecule has 0 radical (unpaired) electrons. The van der Waals surface area contributed by atoms with E-state index >= 15 is 0 Å². The molecule has 0 N–H and O–H groups in total. The second-order valence-electron chi connectivity index (χ2n) is 6.24. The van der Waals surface area contributed by atoms with Crippen molar-refractivity contribution < 1.29 is 18.1 Å². The van der Waals surface area contributed by atoms with E-state index in [0.29, 0.717) is 24.5 Å². The first-order valence-corrected chi connectivity index (χ1v) is 9.73. The van der Waals surface area contributed by atoms with Crippen LogP contribution in [-0.2, 0) is 18.1 Å². The molecule has 21 heavy (non-hydrogen) atoms. The quantitative estimate of drug-likeness (QED) is 0.425. The lowest BCUT2D eigenvalue weighted by molar-refractivity contribution is -0.115. The van der Waals surface area contributed by atoms with E-state index in [4.69, 9.17) is 13.3 Å². The van der Waals surface area contributed by atoms with Gasteiger partial charge in [0.25, 0.3) is 0 Å². The van der Waals surface area contributed by atoms with E-state index in [0.717, 1.165) is 0 Å². The van der Waals surface area contributed by atoms with Gasteiger partial charge in [0.05, 0.1) is 0 Å². The molecule has 0 aromatic rings. The number of carbonyl (C=O) groups is 1. The maximum Gasteiger partial charge on any atom is 0.501 e. The first-order valence-electron chi connectivity index (χ1n) is 7.80. The SMILES string of the molecule is C=C(C)C(=O)CCC[Si](OC(C)C)(OC(C)C)OC(C)C. The summed E-state index contributed by atoms with van der Waals surface area (Å²) in [5, 5.41) is 0. The van der Waals surface area contributed by atoms with Crippen molar-refractivity contribution in [2.24, 2.45) is 0 Å². The van der Waals surface area contributed by atoms with Crippen molar-refractivity contribution in [3.8, 4) is 0 Å². The normalized spacial score (nSPS) is 12.5. The Kier molecular flexibility index (Phi) is 9.29. The van der Waals surface area contributed by atoms with Gasteiger partial charge in [0.15, 0.2) is 5.78 Å². The summed E-state index contributed by atoms with van der Waals surface area (Å²) in [6, 6.07) is 0.653. The van der Waals surface area contributed by atoms with E-state index in [1.54, 1.807) is 6.92 Å². The molecule has 0 amide bonds. The second-order valence-corrected chi connectivity index (χ2v) is 8.81. The largest absolute Gasteiger partial charge is 0.501 e.